The van der Waals surface area contributed by atoms with E-state index in [1.165, 1.54) is 30.1 Å². The molecular weight excluding hydrogens is 371 g/mol. The molecule has 1 aliphatic heterocycles. The van der Waals surface area contributed by atoms with E-state index in [2.05, 4.69) is 34.1 Å². The van der Waals surface area contributed by atoms with Crippen molar-refractivity contribution in [3.05, 3.63) is 94.3 Å². The normalized spacial score (nSPS) is 14.7. The van der Waals surface area contributed by atoms with Crippen LogP contribution in [0.15, 0.2) is 76.1 Å². The standard InChI is InChI=1S/C23H23FN2O3/c24-19-8-6-18(7-9-19)16-29-23-17-28-21(14-22(23)27)15-25-10-12-26(13-11-25)20-4-2-1-3-5-20/h1-9,14,17H,10-13,15-16H2. The predicted octanol–water partition coefficient (Wildman–Crippen LogP) is 3.68. The summed E-state index contributed by atoms with van der Waals surface area (Å²) in [6.45, 7) is 4.46. The minimum Gasteiger partial charge on any atom is -0.482 e. The van der Waals surface area contributed by atoms with E-state index in [0.29, 0.717) is 12.3 Å². The second-order valence-electron chi connectivity index (χ2n) is 7.09. The number of piperazine rings is 1. The Morgan fingerprint density at radius 1 is 0.966 bits per heavy atom. The maximum Gasteiger partial charge on any atom is 0.227 e. The number of ether oxygens (including phenoxy) is 1. The summed E-state index contributed by atoms with van der Waals surface area (Å²) >= 11 is 0. The van der Waals surface area contributed by atoms with Crippen LogP contribution in [0, 0.1) is 5.82 Å². The van der Waals surface area contributed by atoms with Gasteiger partial charge in [-0.25, -0.2) is 4.39 Å². The van der Waals surface area contributed by atoms with Gasteiger partial charge in [-0.1, -0.05) is 30.3 Å². The Morgan fingerprint density at radius 3 is 2.38 bits per heavy atom. The minimum absolute atomic E-state index is 0.159. The molecule has 0 atom stereocenters. The van der Waals surface area contributed by atoms with Gasteiger partial charge in [0.25, 0.3) is 0 Å². The van der Waals surface area contributed by atoms with Gasteiger partial charge in [0.1, 0.15) is 24.4 Å². The van der Waals surface area contributed by atoms with Gasteiger partial charge in [-0.3, -0.25) is 9.69 Å². The molecule has 1 saturated heterocycles. The maximum absolute atomic E-state index is 12.9. The molecule has 2 heterocycles. The molecule has 0 spiro atoms. The number of nitrogens with zero attached hydrogens (tertiary/aromatic N) is 2. The molecule has 3 aromatic rings. The zero-order valence-electron chi connectivity index (χ0n) is 16.1. The SMILES string of the molecule is O=c1cc(CN2CCN(c3ccccc3)CC2)occ1OCc1ccc(F)cc1. The van der Waals surface area contributed by atoms with Crippen LogP contribution in [0.5, 0.6) is 5.75 Å². The second-order valence-corrected chi connectivity index (χ2v) is 7.09. The molecule has 0 radical (unpaired) electrons. The fraction of sp³-hybridized carbons (Fsp3) is 0.261. The number of para-hydroxylation sites is 1. The molecule has 150 valence electrons. The molecule has 29 heavy (non-hydrogen) atoms. The Morgan fingerprint density at radius 2 is 1.69 bits per heavy atom. The highest BCUT2D eigenvalue weighted by Crippen LogP contribution is 2.17. The van der Waals surface area contributed by atoms with Crippen LogP contribution in [0.25, 0.3) is 0 Å². The quantitative estimate of drug-likeness (QED) is 0.638. The monoisotopic (exact) mass is 394 g/mol. The topological polar surface area (TPSA) is 45.9 Å². The predicted molar refractivity (Wildman–Crippen MR) is 110 cm³/mol. The van der Waals surface area contributed by atoms with Gasteiger partial charge in [-0.2, -0.15) is 0 Å². The summed E-state index contributed by atoms with van der Waals surface area (Å²) in [4.78, 5) is 17.0. The van der Waals surface area contributed by atoms with Gasteiger partial charge >= 0.3 is 0 Å². The number of anilines is 1. The molecule has 1 fully saturated rings. The van der Waals surface area contributed by atoms with Crippen molar-refractivity contribution in [3.63, 3.8) is 0 Å². The lowest BCUT2D eigenvalue weighted by molar-refractivity contribution is 0.224. The average molecular weight is 394 g/mol. The fourth-order valence-corrected chi connectivity index (χ4v) is 3.39. The van der Waals surface area contributed by atoms with Crippen molar-refractivity contribution in [2.45, 2.75) is 13.2 Å². The summed E-state index contributed by atoms with van der Waals surface area (Å²) in [6.07, 6.45) is 1.36. The molecule has 0 N–H and O–H groups in total. The molecule has 0 unspecified atom stereocenters. The van der Waals surface area contributed by atoms with Gasteiger partial charge in [0.05, 0.1) is 6.54 Å². The lowest BCUT2D eigenvalue weighted by Crippen LogP contribution is -2.46. The third kappa shape index (κ3) is 5.03. The van der Waals surface area contributed by atoms with Crippen molar-refractivity contribution >= 4 is 5.69 Å². The van der Waals surface area contributed by atoms with Crippen molar-refractivity contribution < 1.29 is 13.5 Å². The molecule has 2 aromatic carbocycles. The second kappa shape index (κ2) is 8.92. The Balaban J connectivity index is 1.30. The molecule has 0 saturated carbocycles. The molecule has 4 rings (SSSR count). The highest BCUT2D eigenvalue weighted by atomic mass is 19.1. The minimum atomic E-state index is -0.304. The van der Waals surface area contributed by atoms with Crippen LogP contribution < -0.4 is 15.1 Å². The average Bonchev–Trinajstić information content (AvgIpc) is 2.75. The molecule has 0 bridgehead atoms. The van der Waals surface area contributed by atoms with Crippen LogP contribution in [-0.4, -0.2) is 31.1 Å². The van der Waals surface area contributed by atoms with Crippen molar-refractivity contribution in [3.8, 4) is 5.75 Å². The summed E-state index contributed by atoms with van der Waals surface area (Å²) in [7, 11) is 0. The molecular formula is C23H23FN2O3. The van der Waals surface area contributed by atoms with Gasteiger partial charge in [-0.05, 0) is 29.8 Å². The largest absolute Gasteiger partial charge is 0.482 e. The molecule has 0 aliphatic carbocycles. The Hall–Kier alpha value is -3.12. The first-order valence-electron chi connectivity index (χ1n) is 9.69. The fourth-order valence-electron chi connectivity index (χ4n) is 3.39. The van der Waals surface area contributed by atoms with Crippen LogP contribution in [0.4, 0.5) is 10.1 Å². The van der Waals surface area contributed by atoms with Crippen LogP contribution in [0.1, 0.15) is 11.3 Å². The van der Waals surface area contributed by atoms with Crippen LogP contribution in [0.3, 0.4) is 0 Å². The lowest BCUT2D eigenvalue weighted by atomic mass is 10.2. The van der Waals surface area contributed by atoms with Gasteiger partial charge in [0, 0.05) is 37.9 Å². The van der Waals surface area contributed by atoms with E-state index < -0.39 is 0 Å². The molecule has 1 aliphatic rings. The number of hydrogen-bond acceptors (Lipinski definition) is 5. The van der Waals surface area contributed by atoms with Crippen molar-refractivity contribution in [1.29, 1.82) is 0 Å². The lowest BCUT2D eigenvalue weighted by Gasteiger charge is -2.35. The zero-order valence-corrected chi connectivity index (χ0v) is 16.1. The van der Waals surface area contributed by atoms with E-state index in [4.69, 9.17) is 9.15 Å². The van der Waals surface area contributed by atoms with E-state index in [9.17, 15) is 9.18 Å². The Kier molecular flexibility index (Phi) is 5.91. The molecule has 0 amide bonds. The molecule has 5 nitrogen and oxygen atoms in total. The number of rotatable bonds is 6. The van der Waals surface area contributed by atoms with Crippen molar-refractivity contribution in [2.75, 3.05) is 31.1 Å². The summed E-state index contributed by atoms with van der Waals surface area (Å²) in [5, 5.41) is 0. The summed E-state index contributed by atoms with van der Waals surface area (Å²) < 4.78 is 24.1. The first-order chi connectivity index (χ1) is 14.2. The van der Waals surface area contributed by atoms with Crippen molar-refractivity contribution in [2.24, 2.45) is 0 Å². The first kappa shape index (κ1) is 19.2. The van der Waals surface area contributed by atoms with E-state index in [1.807, 2.05) is 6.07 Å². The van der Waals surface area contributed by atoms with E-state index in [1.54, 1.807) is 12.1 Å². The first-order valence-corrected chi connectivity index (χ1v) is 9.69. The summed E-state index contributed by atoms with van der Waals surface area (Å²) in [5.74, 6) is 0.478. The number of hydrogen-bond donors (Lipinski definition) is 0. The van der Waals surface area contributed by atoms with E-state index in [0.717, 1.165) is 31.7 Å². The van der Waals surface area contributed by atoms with Crippen molar-refractivity contribution in [1.82, 2.24) is 4.90 Å². The van der Waals surface area contributed by atoms with Gasteiger partial charge in [0.15, 0.2) is 0 Å². The summed E-state index contributed by atoms with van der Waals surface area (Å²) in [5.41, 5.74) is 1.81. The van der Waals surface area contributed by atoms with Crippen LogP contribution in [-0.2, 0) is 13.2 Å². The highest BCUT2D eigenvalue weighted by molar-refractivity contribution is 5.46. The third-order valence-corrected chi connectivity index (χ3v) is 5.03. The van der Waals surface area contributed by atoms with Gasteiger partial charge in [0.2, 0.25) is 11.2 Å². The highest BCUT2D eigenvalue weighted by Gasteiger charge is 2.18. The van der Waals surface area contributed by atoms with Gasteiger partial charge in [-0.15, -0.1) is 0 Å². The van der Waals surface area contributed by atoms with Gasteiger partial charge < -0.3 is 14.1 Å². The van der Waals surface area contributed by atoms with E-state index in [-0.39, 0.29) is 23.6 Å². The number of halogens is 1. The maximum atomic E-state index is 12.9. The Labute approximate surface area is 168 Å². The third-order valence-electron chi connectivity index (χ3n) is 5.03. The zero-order chi connectivity index (χ0) is 20.1. The van der Waals surface area contributed by atoms with Crippen LogP contribution >= 0.6 is 0 Å². The molecule has 6 heteroatoms. The molecule has 1 aromatic heterocycles. The number of benzene rings is 2. The summed E-state index contributed by atoms with van der Waals surface area (Å²) in [6, 6.07) is 17.8. The Bertz CT molecular complexity index is 981. The smallest absolute Gasteiger partial charge is 0.227 e. The van der Waals surface area contributed by atoms with E-state index >= 15 is 0 Å². The van der Waals surface area contributed by atoms with Crippen LogP contribution in [0.2, 0.25) is 0 Å².